The van der Waals surface area contributed by atoms with Gasteiger partial charge in [-0.1, -0.05) is 55.8 Å². The Kier molecular flexibility index (Phi) is 9.63. The van der Waals surface area contributed by atoms with Gasteiger partial charge in [-0.15, -0.1) is 0 Å². The molecule has 2 N–H and O–H groups in total. The van der Waals surface area contributed by atoms with E-state index in [2.05, 4.69) is 0 Å². The molecule has 5 atom stereocenters. The number of ether oxygens (including phenoxy) is 2. The molecule has 1 heterocycles. The van der Waals surface area contributed by atoms with Crippen LogP contribution in [0, 0.1) is 11.8 Å². The van der Waals surface area contributed by atoms with E-state index in [1.54, 1.807) is 0 Å². The van der Waals surface area contributed by atoms with Crippen molar-refractivity contribution >= 4 is 5.97 Å². The largest absolute Gasteiger partial charge is 0.461 e. The molecule has 1 aromatic rings. The monoisotopic (exact) mass is 480 g/mol. The highest BCUT2D eigenvalue weighted by molar-refractivity contribution is 5.69. The summed E-state index contributed by atoms with van der Waals surface area (Å²) in [5.41, 5.74) is 0.957. The highest BCUT2D eigenvalue weighted by Crippen LogP contribution is 2.50. The van der Waals surface area contributed by atoms with Gasteiger partial charge in [0.25, 0.3) is 0 Å². The second-order valence-corrected chi connectivity index (χ2v) is 9.66. The van der Waals surface area contributed by atoms with Crippen LogP contribution in [0.1, 0.15) is 76.7 Å². The molecule has 1 saturated heterocycles. The number of unbranched alkanes of at least 4 members (excludes halogenated alkanes) is 2. The first-order valence-corrected chi connectivity index (χ1v) is 12.6. The highest BCUT2D eigenvalue weighted by atomic mass is 19.3. The molecular weight excluding hydrogens is 442 g/mol. The van der Waals surface area contributed by atoms with E-state index in [0.717, 1.165) is 12.0 Å². The van der Waals surface area contributed by atoms with Crippen molar-refractivity contribution in [3.8, 4) is 0 Å². The van der Waals surface area contributed by atoms with Crippen molar-refractivity contribution in [3.63, 3.8) is 0 Å². The van der Waals surface area contributed by atoms with Crippen LogP contribution in [-0.4, -0.2) is 40.1 Å². The van der Waals surface area contributed by atoms with E-state index < -0.39 is 30.3 Å². The lowest BCUT2D eigenvalue weighted by Gasteiger charge is -2.44. The number of fused-ring (bicyclic) bond motifs is 1. The number of hydrogen-bond donors (Lipinski definition) is 2. The van der Waals surface area contributed by atoms with Crippen molar-refractivity contribution in [1.29, 1.82) is 0 Å². The topological polar surface area (TPSA) is 76.0 Å². The molecule has 2 aliphatic rings. The van der Waals surface area contributed by atoms with E-state index in [4.69, 9.17) is 9.47 Å². The number of halogens is 2. The van der Waals surface area contributed by atoms with Crippen LogP contribution in [0.3, 0.4) is 0 Å². The fourth-order valence-electron chi connectivity index (χ4n) is 5.10. The average molecular weight is 481 g/mol. The Balaban J connectivity index is 1.38. The molecule has 34 heavy (non-hydrogen) atoms. The molecule has 1 aliphatic heterocycles. The Morgan fingerprint density at radius 1 is 1.26 bits per heavy atom. The summed E-state index contributed by atoms with van der Waals surface area (Å²) in [7, 11) is 0. The molecule has 1 aromatic carbocycles. The van der Waals surface area contributed by atoms with Gasteiger partial charge in [0, 0.05) is 25.7 Å². The molecule has 3 rings (SSSR count). The number of aliphatic hydroxyl groups excluding tert-OH is 1. The molecule has 0 radical (unpaired) electrons. The van der Waals surface area contributed by atoms with Gasteiger partial charge in [0.2, 0.25) is 5.79 Å². The van der Waals surface area contributed by atoms with Gasteiger partial charge in [-0.3, -0.25) is 4.79 Å². The van der Waals surface area contributed by atoms with E-state index in [1.165, 1.54) is 0 Å². The molecule has 190 valence electrons. The van der Waals surface area contributed by atoms with Gasteiger partial charge in [-0.05, 0) is 49.5 Å². The van der Waals surface area contributed by atoms with Gasteiger partial charge in [-0.25, -0.2) is 8.78 Å². The summed E-state index contributed by atoms with van der Waals surface area (Å²) in [6.07, 6.45) is 6.24. The minimum atomic E-state index is -3.29. The Morgan fingerprint density at radius 3 is 2.76 bits per heavy atom. The van der Waals surface area contributed by atoms with E-state index in [-0.39, 0.29) is 37.3 Å². The molecule has 2 unspecified atom stereocenters. The zero-order chi connectivity index (χ0) is 24.6. The maximum atomic E-state index is 14.6. The number of hydrogen-bond acceptors (Lipinski definition) is 5. The summed E-state index contributed by atoms with van der Waals surface area (Å²) >= 11 is 0. The summed E-state index contributed by atoms with van der Waals surface area (Å²) in [6, 6.07) is 9.54. The van der Waals surface area contributed by atoms with Crippen molar-refractivity contribution in [2.75, 3.05) is 0 Å². The van der Waals surface area contributed by atoms with Crippen LogP contribution < -0.4 is 0 Å². The first kappa shape index (κ1) is 26.8. The number of alkyl halides is 2. The van der Waals surface area contributed by atoms with E-state index >= 15 is 0 Å². The molecule has 0 amide bonds. The second-order valence-electron chi connectivity index (χ2n) is 9.66. The maximum absolute atomic E-state index is 14.6. The lowest BCUT2D eigenvalue weighted by atomic mass is 9.82. The lowest BCUT2D eigenvalue weighted by molar-refractivity contribution is -0.356. The Bertz CT molecular complexity index is 799. The zero-order valence-electron chi connectivity index (χ0n) is 20.0. The SMILES string of the molecule is CCCCC(F)(F)[C@@]1(O)CCC2C(C/C=C\CCCC(=O)OCc3ccccc3)[C@H](O)C[C@@H]2O1. The maximum Gasteiger partial charge on any atom is 0.306 e. The number of carbonyl (C=O) groups excluding carboxylic acids is 1. The number of aliphatic hydroxyl groups is 2. The minimum absolute atomic E-state index is 0.0464. The van der Waals surface area contributed by atoms with E-state index in [9.17, 15) is 23.8 Å². The average Bonchev–Trinajstić information content (AvgIpc) is 3.12. The van der Waals surface area contributed by atoms with Crippen LogP contribution in [-0.2, 0) is 20.9 Å². The van der Waals surface area contributed by atoms with Crippen LogP contribution in [0.15, 0.2) is 42.5 Å². The van der Waals surface area contributed by atoms with Gasteiger partial charge in [0.05, 0.1) is 12.2 Å². The number of benzene rings is 1. The van der Waals surface area contributed by atoms with Gasteiger partial charge in [-0.2, -0.15) is 0 Å². The lowest BCUT2D eigenvalue weighted by Crippen LogP contribution is -2.55. The first-order valence-electron chi connectivity index (χ1n) is 12.6. The fourth-order valence-corrected chi connectivity index (χ4v) is 5.10. The van der Waals surface area contributed by atoms with Crippen molar-refractivity contribution in [1.82, 2.24) is 0 Å². The van der Waals surface area contributed by atoms with Crippen molar-refractivity contribution in [2.45, 2.75) is 102 Å². The third kappa shape index (κ3) is 6.86. The summed E-state index contributed by atoms with van der Waals surface area (Å²) < 4.78 is 40.0. The normalized spacial score (nSPS) is 29.3. The quantitative estimate of drug-likeness (QED) is 0.234. The molecule has 7 heteroatoms. The fraction of sp³-hybridized carbons (Fsp3) is 0.667. The van der Waals surface area contributed by atoms with Crippen molar-refractivity contribution in [2.24, 2.45) is 11.8 Å². The van der Waals surface area contributed by atoms with Crippen LogP contribution in [0.4, 0.5) is 8.78 Å². The number of rotatable bonds is 12. The Labute approximate surface area is 201 Å². The second kappa shape index (κ2) is 12.2. The predicted molar refractivity (Wildman–Crippen MR) is 125 cm³/mol. The molecular formula is C27H38F2O5. The smallest absolute Gasteiger partial charge is 0.306 e. The zero-order valence-corrected chi connectivity index (χ0v) is 20.0. The van der Waals surface area contributed by atoms with Gasteiger partial charge in [0.1, 0.15) is 6.61 Å². The van der Waals surface area contributed by atoms with E-state index in [1.807, 2.05) is 49.4 Å². The van der Waals surface area contributed by atoms with Crippen LogP contribution in [0.25, 0.3) is 0 Å². The van der Waals surface area contributed by atoms with Crippen LogP contribution in [0.5, 0.6) is 0 Å². The summed E-state index contributed by atoms with van der Waals surface area (Å²) in [5.74, 6) is -6.09. The van der Waals surface area contributed by atoms with Crippen LogP contribution in [0.2, 0.25) is 0 Å². The third-order valence-electron chi connectivity index (χ3n) is 7.14. The summed E-state index contributed by atoms with van der Waals surface area (Å²) in [4.78, 5) is 11.9. The van der Waals surface area contributed by atoms with Crippen molar-refractivity contribution in [3.05, 3.63) is 48.0 Å². The molecule has 1 saturated carbocycles. The number of carbonyl (C=O) groups is 1. The molecule has 0 bridgehead atoms. The summed E-state index contributed by atoms with van der Waals surface area (Å²) in [6.45, 7) is 2.11. The van der Waals surface area contributed by atoms with Gasteiger partial charge >= 0.3 is 11.9 Å². The van der Waals surface area contributed by atoms with E-state index in [0.29, 0.717) is 38.5 Å². The molecule has 0 spiro atoms. The molecule has 0 aromatic heterocycles. The Morgan fingerprint density at radius 2 is 2.03 bits per heavy atom. The molecule has 2 fully saturated rings. The molecule has 1 aliphatic carbocycles. The number of allylic oxidation sites excluding steroid dienone is 2. The summed E-state index contributed by atoms with van der Waals surface area (Å²) in [5, 5.41) is 21.1. The predicted octanol–water partition coefficient (Wildman–Crippen LogP) is 5.54. The standard InChI is InChI=1S/C27H38F2O5/c1-2-3-16-26(28,29)27(32)17-15-22-21(23(30)18-24(22)34-27)13-9-4-5-10-14-25(31)33-19-20-11-7-6-8-12-20/h4,6-9,11-12,21-24,30,32H,2-3,5,10,13-19H2,1H3/b9-4-/t21?,22?,23-,24+,27-/m1/s1. The molecule has 5 nitrogen and oxygen atoms in total. The van der Waals surface area contributed by atoms with Gasteiger partial charge in [0.15, 0.2) is 0 Å². The van der Waals surface area contributed by atoms with Gasteiger partial charge < -0.3 is 19.7 Å². The first-order chi connectivity index (χ1) is 16.3. The van der Waals surface area contributed by atoms with Crippen molar-refractivity contribution < 1.29 is 33.3 Å². The minimum Gasteiger partial charge on any atom is -0.461 e. The third-order valence-corrected chi connectivity index (χ3v) is 7.14. The highest BCUT2D eigenvalue weighted by Gasteiger charge is 2.59. The number of esters is 1. The van der Waals surface area contributed by atoms with Crippen LogP contribution >= 0.6 is 0 Å². The Hall–Kier alpha value is -1.83.